The normalized spacial score (nSPS) is 28.2. The molecule has 0 aromatic carbocycles. The second-order valence-corrected chi connectivity index (χ2v) is 6.70. The highest BCUT2D eigenvalue weighted by Crippen LogP contribution is 2.25. The third kappa shape index (κ3) is 2.36. The highest BCUT2D eigenvalue weighted by molar-refractivity contribution is 8.00. The summed E-state index contributed by atoms with van der Waals surface area (Å²) in [6, 6.07) is 0.601. The van der Waals surface area contributed by atoms with Gasteiger partial charge in [-0.25, -0.2) is 4.68 Å². The molecule has 3 heterocycles. The Morgan fingerprint density at radius 1 is 1.47 bits per heavy atom. The van der Waals surface area contributed by atoms with Crippen LogP contribution in [0.15, 0.2) is 6.20 Å². The summed E-state index contributed by atoms with van der Waals surface area (Å²) in [5, 5.41) is 11.8. The summed E-state index contributed by atoms with van der Waals surface area (Å²) >= 11 is 1.92. The molecule has 2 aliphatic rings. The van der Waals surface area contributed by atoms with Gasteiger partial charge in [-0.3, -0.25) is 4.79 Å². The van der Waals surface area contributed by atoms with Gasteiger partial charge in [0.25, 0.3) is 5.91 Å². The summed E-state index contributed by atoms with van der Waals surface area (Å²) in [6.45, 7) is 6.89. The highest BCUT2D eigenvalue weighted by Gasteiger charge is 2.31. The van der Waals surface area contributed by atoms with Gasteiger partial charge in [-0.05, 0) is 6.92 Å². The molecule has 1 N–H and O–H groups in total. The zero-order valence-electron chi connectivity index (χ0n) is 11.2. The number of carbonyl (C=O) groups is 1. The maximum Gasteiger partial charge on any atom is 0.276 e. The first-order valence-corrected chi connectivity index (χ1v) is 7.77. The molecule has 2 unspecified atom stereocenters. The van der Waals surface area contributed by atoms with E-state index in [4.69, 9.17) is 0 Å². The van der Waals surface area contributed by atoms with Crippen LogP contribution in [-0.2, 0) is 0 Å². The molecule has 3 rings (SSSR count). The lowest BCUT2D eigenvalue weighted by Gasteiger charge is -2.37. The van der Waals surface area contributed by atoms with Gasteiger partial charge in [-0.15, -0.1) is 5.10 Å². The summed E-state index contributed by atoms with van der Waals surface area (Å²) in [7, 11) is 0. The van der Waals surface area contributed by atoms with E-state index in [2.05, 4.69) is 29.5 Å². The third-order valence-corrected chi connectivity index (χ3v) is 5.35. The van der Waals surface area contributed by atoms with E-state index in [0.29, 0.717) is 17.0 Å². The van der Waals surface area contributed by atoms with E-state index in [1.165, 1.54) is 0 Å². The van der Waals surface area contributed by atoms with Crippen molar-refractivity contribution in [1.82, 2.24) is 25.2 Å². The molecule has 2 fully saturated rings. The number of nitrogens with zero attached hydrogens (tertiary/aromatic N) is 4. The van der Waals surface area contributed by atoms with Gasteiger partial charge in [0, 0.05) is 36.7 Å². The Kier molecular flexibility index (Phi) is 3.49. The van der Waals surface area contributed by atoms with Crippen LogP contribution in [0, 0.1) is 0 Å². The molecule has 0 radical (unpaired) electrons. The van der Waals surface area contributed by atoms with Gasteiger partial charge in [0.1, 0.15) is 0 Å². The first-order valence-electron chi connectivity index (χ1n) is 6.72. The summed E-state index contributed by atoms with van der Waals surface area (Å²) in [4.78, 5) is 14.4. The Balaban J connectivity index is 1.73. The van der Waals surface area contributed by atoms with Gasteiger partial charge < -0.3 is 10.2 Å². The van der Waals surface area contributed by atoms with E-state index in [-0.39, 0.29) is 11.9 Å². The molecule has 1 aromatic rings. The first-order chi connectivity index (χ1) is 9.16. The lowest BCUT2D eigenvalue weighted by atomic mass is 10.2. The number of thioether (sulfide) groups is 1. The summed E-state index contributed by atoms with van der Waals surface area (Å²) in [5.74, 6) is 1.01. The molecule has 104 valence electrons. The van der Waals surface area contributed by atoms with Crippen molar-refractivity contribution in [2.75, 3.05) is 25.4 Å². The molecule has 0 spiro atoms. The topological polar surface area (TPSA) is 63.1 Å². The fraction of sp³-hybridized carbons (Fsp3) is 0.750. The Labute approximate surface area is 116 Å². The van der Waals surface area contributed by atoms with E-state index in [1.807, 2.05) is 16.7 Å². The van der Waals surface area contributed by atoms with Crippen LogP contribution < -0.4 is 5.32 Å². The number of rotatable bonds is 2. The Bertz CT molecular complexity index is 472. The summed E-state index contributed by atoms with van der Waals surface area (Å²) in [5.41, 5.74) is 0.470. The van der Waals surface area contributed by atoms with Gasteiger partial charge in [0.05, 0.1) is 12.2 Å². The minimum absolute atomic E-state index is 0.0122. The van der Waals surface area contributed by atoms with Crippen LogP contribution >= 0.6 is 11.8 Å². The number of carbonyl (C=O) groups excluding carboxylic acids is 1. The van der Waals surface area contributed by atoms with Crippen molar-refractivity contribution in [2.45, 2.75) is 31.2 Å². The zero-order chi connectivity index (χ0) is 13.4. The first kappa shape index (κ1) is 12.9. The monoisotopic (exact) mass is 281 g/mol. The van der Waals surface area contributed by atoms with Crippen LogP contribution in [0.4, 0.5) is 0 Å². The molecule has 0 bridgehead atoms. The molecule has 2 saturated heterocycles. The minimum Gasteiger partial charge on any atom is -0.333 e. The molecular weight excluding hydrogens is 262 g/mol. The van der Waals surface area contributed by atoms with Crippen LogP contribution in [0.5, 0.6) is 0 Å². The fourth-order valence-corrected chi connectivity index (χ4v) is 3.48. The maximum absolute atomic E-state index is 12.5. The Morgan fingerprint density at radius 2 is 2.26 bits per heavy atom. The van der Waals surface area contributed by atoms with Gasteiger partial charge >= 0.3 is 0 Å². The van der Waals surface area contributed by atoms with Crippen molar-refractivity contribution in [3.05, 3.63) is 11.9 Å². The zero-order valence-corrected chi connectivity index (χ0v) is 12.1. The van der Waals surface area contributed by atoms with Crippen LogP contribution in [0.3, 0.4) is 0 Å². The smallest absolute Gasteiger partial charge is 0.276 e. The summed E-state index contributed by atoms with van der Waals surface area (Å²) < 4.78 is 1.80. The molecule has 2 atom stereocenters. The molecule has 1 amide bonds. The second-order valence-electron chi connectivity index (χ2n) is 5.21. The molecule has 6 nitrogen and oxygen atoms in total. The van der Waals surface area contributed by atoms with Crippen molar-refractivity contribution >= 4 is 17.7 Å². The van der Waals surface area contributed by atoms with E-state index < -0.39 is 0 Å². The molecular formula is C12H19N5OS. The van der Waals surface area contributed by atoms with Gasteiger partial charge in [-0.1, -0.05) is 12.1 Å². The quantitative estimate of drug-likeness (QED) is 0.849. The molecule has 0 saturated carbocycles. The lowest BCUT2D eigenvalue weighted by molar-refractivity contribution is 0.0692. The SMILES string of the molecule is CC1SCCN(C(=O)c2cn(C3CNC3)nn2)C1C. The average molecular weight is 281 g/mol. The van der Waals surface area contributed by atoms with Crippen molar-refractivity contribution in [3.63, 3.8) is 0 Å². The predicted octanol–water partition coefficient (Wildman–Crippen LogP) is 0.388. The van der Waals surface area contributed by atoms with Crippen molar-refractivity contribution < 1.29 is 4.79 Å². The number of amides is 1. The molecule has 1 aromatic heterocycles. The Morgan fingerprint density at radius 3 is 2.95 bits per heavy atom. The largest absolute Gasteiger partial charge is 0.333 e. The van der Waals surface area contributed by atoms with Gasteiger partial charge in [0.15, 0.2) is 5.69 Å². The minimum atomic E-state index is 0.0122. The van der Waals surface area contributed by atoms with E-state index >= 15 is 0 Å². The molecule has 19 heavy (non-hydrogen) atoms. The van der Waals surface area contributed by atoms with Crippen LogP contribution in [0.1, 0.15) is 30.4 Å². The number of hydrogen-bond donors (Lipinski definition) is 1. The van der Waals surface area contributed by atoms with E-state index in [1.54, 1.807) is 10.9 Å². The lowest BCUT2D eigenvalue weighted by Crippen LogP contribution is -2.48. The van der Waals surface area contributed by atoms with Crippen molar-refractivity contribution in [1.29, 1.82) is 0 Å². The van der Waals surface area contributed by atoms with Crippen LogP contribution in [-0.4, -0.2) is 62.5 Å². The average Bonchev–Trinajstić information content (AvgIpc) is 2.79. The van der Waals surface area contributed by atoms with Crippen LogP contribution in [0.2, 0.25) is 0 Å². The number of nitrogens with one attached hydrogen (secondary N) is 1. The van der Waals surface area contributed by atoms with Gasteiger partial charge in [-0.2, -0.15) is 11.8 Å². The standard InChI is InChI=1S/C12H19N5OS/c1-8-9(2)19-4-3-16(8)12(18)11-7-17(15-14-11)10-5-13-6-10/h7-10,13H,3-6H2,1-2H3. The summed E-state index contributed by atoms with van der Waals surface area (Å²) in [6.07, 6.45) is 1.78. The molecule has 7 heteroatoms. The van der Waals surface area contributed by atoms with Crippen molar-refractivity contribution in [2.24, 2.45) is 0 Å². The Hall–Kier alpha value is -1.08. The van der Waals surface area contributed by atoms with Crippen LogP contribution in [0.25, 0.3) is 0 Å². The number of hydrogen-bond acceptors (Lipinski definition) is 5. The fourth-order valence-electron chi connectivity index (χ4n) is 2.38. The maximum atomic E-state index is 12.5. The number of aromatic nitrogens is 3. The molecule has 2 aliphatic heterocycles. The van der Waals surface area contributed by atoms with E-state index in [9.17, 15) is 4.79 Å². The van der Waals surface area contributed by atoms with E-state index in [0.717, 1.165) is 25.4 Å². The second kappa shape index (κ2) is 5.13. The predicted molar refractivity (Wildman–Crippen MR) is 74.3 cm³/mol. The molecule has 0 aliphatic carbocycles. The third-order valence-electron chi connectivity index (χ3n) is 4.01. The van der Waals surface area contributed by atoms with Crippen molar-refractivity contribution in [3.8, 4) is 0 Å². The highest BCUT2D eigenvalue weighted by atomic mass is 32.2. The van der Waals surface area contributed by atoms with Gasteiger partial charge in [0.2, 0.25) is 0 Å².